The van der Waals surface area contributed by atoms with E-state index in [0.717, 1.165) is 17.1 Å². The molecule has 0 radical (unpaired) electrons. The van der Waals surface area contributed by atoms with E-state index in [-0.39, 0.29) is 0 Å². The topological polar surface area (TPSA) is 50.7 Å². The van der Waals surface area contributed by atoms with Gasteiger partial charge in [-0.3, -0.25) is 0 Å². The van der Waals surface area contributed by atoms with E-state index in [1.54, 1.807) is 7.05 Å². The van der Waals surface area contributed by atoms with Crippen LogP contribution in [-0.4, -0.2) is 31.4 Å². The molecule has 0 aromatic heterocycles. The van der Waals surface area contributed by atoms with Crippen LogP contribution in [0.15, 0.2) is 54.6 Å². The SMILES string of the molecule is CCOc1ccc(C(Oc2ccccc2)C(O)CNC)cc1. The third-order valence-corrected chi connectivity index (χ3v) is 3.29. The summed E-state index contributed by atoms with van der Waals surface area (Å²) in [6.45, 7) is 3.03. The highest BCUT2D eigenvalue weighted by Crippen LogP contribution is 2.26. The third kappa shape index (κ3) is 4.48. The van der Waals surface area contributed by atoms with Gasteiger partial charge in [-0.05, 0) is 43.8 Å². The molecule has 0 aliphatic rings. The van der Waals surface area contributed by atoms with Gasteiger partial charge in [-0.25, -0.2) is 0 Å². The Morgan fingerprint density at radius 3 is 2.27 bits per heavy atom. The van der Waals surface area contributed by atoms with Gasteiger partial charge in [0.15, 0.2) is 6.10 Å². The Labute approximate surface area is 131 Å². The summed E-state index contributed by atoms with van der Waals surface area (Å²) in [5.41, 5.74) is 0.912. The van der Waals surface area contributed by atoms with Gasteiger partial charge in [0, 0.05) is 6.54 Å². The van der Waals surface area contributed by atoms with Crippen LogP contribution in [0.5, 0.6) is 11.5 Å². The number of aliphatic hydroxyl groups excluding tert-OH is 1. The molecule has 0 saturated carbocycles. The Hall–Kier alpha value is -2.04. The van der Waals surface area contributed by atoms with Crippen molar-refractivity contribution in [3.05, 3.63) is 60.2 Å². The zero-order chi connectivity index (χ0) is 15.8. The van der Waals surface area contributed by atoms with Crippen LogP contribution < -0.4 is 14.8 Å². The molecule has 118 valence electrons. The molecule has 4 heteroatoms. The lowest BCUT2D eigenvalue weighted by Crippen LogP contribution is -2.32. The first-order chi connectivity index (χ1) is 10.7. The normalized spacial score (nSPS) is 13.4. The summed E-state index contributed by atoms with van der Waals surface area (Å²) in [6, 6.07) is 17.2. The molecule has 2 rings (SSSR count). The van der Waals surface area contributed by atoms with E-state index in [9.17, 15) is 5.11 Å². The van der Waals surface area contributed by atoms with E-state index < -0.39 is 12.2 Å². The summed E-state index contributed by atoms with van der Waals surface area (Å²) in [4.78, 5) is 0. The minimum Gasteiger partial charge on any atom is -0.494 e. The first-order valence-electron chi connectivity index (χ1n) is 7.51. The molecule has 2 unspecified atom stereocenters. The predicted octanol–water partition coefficient (Wildman–Crippen LogP) is 2.79. The van der Waals surface area contributed by atoms with E-state index >= 15 is 0 Å². The molecule has 2 atom stereocenters. The molecule has 0 fully saturated rings. The number of hydrogen-bond donors (Lipinski definition) is 2. The van der Waals surface area contributed by atoms with Gasteiger partial charge in [0.2, 0.25) is 0 Å². The maximum atomic E-state index is 10.4. The van der Waals surface area contributed by atoms with Crippen molar-refractivity contribution in [3.8, 4) is 11.5 Å². The summed E-state index contributed by atoms with van der Waals surface area (Å²) in [5.74, 6) is 1.55. The van der Waals surface area contributed by atoms with Crippen molar-refractivity contribution >= 4 is 0 Å². The Balaban J connectivity index is 2.19. The zero-order valence-electron chi connectivity index (χ0n) is 13.0. The minimum absolute atomic E-state index is 0.439. The highest BCUT2D eigenvalue weighted by Gasteiger charge is 2.22. The highest BCUT2D eigenvalue weighted by atomic mass is 16.5. The van der Waals surface area contributed by atoms with Gasteiger partial charge in [-0.2, -0.15) is 0 Å². The molecule has 0 aliphatic carbocycles. The maximum absolute atomic E-state index is 10.4. The van der Waals surface area contributed by atoms with Gasteiger partial charge in [0.05, 0.1) is 6.61 Å². The average molecular weight is 301 g/mol. The Bertz CT molecular complexity index is 542. The van der Waals surface area contributed by atoms with Crippen LogP contribution >= 0.6 is 0 Å². The number of rotatable bonds is 8. The largest absolute Gasteiger partial charge is 0.494 e. The molecule has 0 heterocycles. The van der Waals surface area contributed by atoms with E-state index in [1.807, 2.05) is 61.5 Å². The minimum atomic E-state index is -0.650. The van der Waals surface area contributed by atoms with Gasteiger partial charge in [0.1, 0.15) is 17.6 Å². The standard InChI is InChI=1S/C18H23NO3/c1-3-21-15-11-9-14(10-12-15)18(17(20)13-19-2)22-16-7-5-4-6-8-16/h4-12,17-20H,3,13H2,1-2H3. The first-order valence-corrected chi connectivity index (χ1v) is 7.51. The molecule has 2 N–H and O–H groups in total. The predicted molar refractivity (Wildman–Crippen MR) is 87.4 cm³/mol. The summed E-state index contributed by atoms with van der Waals surface area (Å²) in [5, 5.41) is 13.4. The molecule has 0 aliphatic heterocycles. The fourth-order valence-corrected chi connectivity index (χ4v) is 2.25. The number of likely N-dealkylation sites (N-methyl/N-ethyl adjacent to an activating group) is 1. The summed E-state index contributed by atoms with van der Waals surface area (Å²) >= 11 is 0. The number of hydrogen-bond acceptors (Lipinski definition) is 4. The van der Waals surface area contributed by atoms with Crippen molar-refractivity contribution < 1.29 is 14.6 Å². The molecule has 2 aromatic rings. The molecule has 0 saturated heterocycles. The molecule has 4 nitrogen and oxygen atoms in total. The number of para-hydroxylation sites is 1. The lowest BCUT2D eigenvalue weighted by atomic mass is 10.0. The second kappa shape index (κ2) is 8.41. The summed E-state index contributed by atoms with van der Waals surface area (Å²) in [7, 11) is 1.81. The van der Waals surface area contributed by atoms with Gasteiger partial charge in [-0.1, -0.05) is 30.3 Å². The molecule has 0 bridgehead atoms. The summed E-state index contributed by atoms with van der Waals surface area (Å²) < 4.78 is 11.4. The molecule has 22 heavy (non-hydrogen) atoms. The van der Waals surface area contributed by atoms with Crippen LogP contribution in [0.3, 0.4) is 0 Å². The summed E-state index contributed by atoms with van der Waals surface area (Å²) in [6.07, 6.45) is -1.09. The van der Waals surface area contributed by atoms with E-state index in [2.05, 4.69) is 5.32 Å². The Morgan fingerprint density at radius 1 is 1.00 bits per heavy atom. The average Bonchev–Trinajstić information content (AvgIpc) is 2.55. The van der Waals surface area contributed by atoms with Crippen LogP contribution in [0.1, 0.15) is 18.6 Å². The zero-order valence-corrected chi connectivity index (χ0v) is 13.0. The van der Waals surface area contributed by atoms with Crippen molar-refractivity contribution in [2.75, 3.05) is 20.2 Å². The second-order valence-electron chi connectivity index (χ2n) is 4.98. The molecule has 0 spiro atoms. The van der Waals surface area contributed by atoms with E-state index in [1.165, 1.54) is 0 Å². The number of nitrogens with one attached hydrogen (secondary N) is 1. The van der Waals surface area contributed by atoms with Crippen molar-refractivity contribution in [2.24, 2.45) is 0 Å². The molecular weight excluding hydrogens is 278 g/mol. The fourth-order valence-electron chi connectivity index (χ4n) is 2.25. The van der Waals surface area contributed by atoms with Gasteiger partial charge >= 0.3 is 0 Å². The van der Waals surface area contributed by atoms with Crippen LogP contribution in [0, 0.1) is 0 Å². The monoisotopic (exact) mass is 301 g/mol. The first kappa shape index (κ1) is 16.3. The fraction of sp³-hybridized carbons (Fsp3) is 0.333. The molecular formula is C18H23NO3. The van der Waals surface area contributed by atoms with Crippen molar-refractivity contribution in [1.82, 2.24) is 5.32 Å². The van der Waals surface area contributed by atoms with Crippen LogP contribution in [0.25, 0.3) is 0 Å². The van der Waals surface area contributed by atoms with Crippen LogP contribution in [0.4, 0.5) is 0 Å². The van der Waals surface area contributed by atoms with Crippen LogP contribution in [-0.2, 0) is 0 Å². The Kier molecular flexibility index (Phi) is 6.25. The van der Waals surface area contributed by atoms with E-state index in [0.29, 0.717) is 13.2 Å². The van der Waals surface area contributed by atoms with Crippen molar-refractivity contribution in [2.45, 2.75) is 19.1 Å². The van der Waals surface area contributed by atoms with Crippen LogP contribution in [0.2, 0.25) is 0 Å². The van der Waals surface area contributed by atoms with Crippen molar-refractivity contribution in [1.29, 1.82) is 0 Å². The lowest BCUT2D eigenvalue weighted by molar-refractivity contribution is 0.0369. The van der Waals surface area contributed by atoms with Crippen molar-refractivity contribution in [3.63, 3.8) is 0 Å². The second-order valence-corrected chi connectivity index (χ2v) is 4.98. The van der Waals surface area contributed by atoms with Gasteiger partial charge < -0.3 is 19.9 Å². The molecule has 2 aromatic carbocycles. The lowest BCUT2D eigenvalue weighted by Gasteiger charge is -2.24. The number of aliphatic hydroxyl groups is 1. The quantitative estimate of drug-likeness (QED) is 0.787. The Morgan fingerprint density at radius 2 is 1.68 bits per heavy atom. The number of benzene rings is 2. The smallest absolute Gasteiger partial charge is 0.151 e. The van der Waals surface area contributed by atoms with Gasteiger partial charge in [-0.15, -0.1) is 0 Å². The third-order valence-electron chi connectivity index (χ3n) is 3.29. The van der Waals surface area contributed by atoms with Gasteiger partial charge in [0.25, 0.3) is 0 Å². The molecule has 0 amide bonds. The number of ether oxygens (including phenoxy) is 2. The van der Waals surface area contributed by atoms with E-state index in [4.69, 9.17) is 9.47 Å². The maximum Gasteiger partial charge on any atom is 0.151 e. The highest BCUT2D eigenvalue weighted by molar-refractivity contribution is 5.30.